The Morgan fingerprint density at radius 2 is 2.04 bits per heavy atom. The van der Waals surface area contributed by atoms with E-state index in [9.17, 15) is 4.79 Å². The average Bonchev–Trinajstić information content (AvgIpc) is 3.14. The average molecular weight is 492 g/mol. The van der Waals surface area contributed by atoms with Crippen LogP contribution in [0, 0.1) is 5.92 Å². The van der Waals surface area contributed by atoms with Crippen LogP contribution in [0.25, 0.3) is 0 Å². The summed E-state index contributed by atoms with van der Waals surface area (Å²) in [6.07, 6.45) is 9.47. The number of likely N-dealkylation sites (N-methyl/N-ethyl adjacent to an activating group) is 1. The van der Waals surface area contributed by atoms with E-state index in [0.29, 0.717) is 0 Å². The fraction of sp³-hybridized carbons (Fsp3) is 0.684. The highest BCUT2D eigenvalue weighted by Gasteiger charge is 2.12. The number of hydrogen-bond acceptors (Lipinski definition) is 3. The molecular formula is C19H33IN4OS. The van der Waals surface area contributed by atoms with Gasteiger partial charge in [-0.25, -0.2) is 4.99 Å². The molecule has 0 radical (unpaired) electrons. The monoisotopic (exact) mass is 492 g/mol. The van der Waals surface area contributed by atoms with Crippen LogP contribution < -0.4 is 10.6 Å². The molecule has 1 saturated carbocycles. The third-order valence-electron chi connectivity index (χ3n) is 4.69. The first-order valence-electron chi connectivity index (χ1n) is 9.40. The molecule has 0 unspecified atom stereocenters. The van der Waals surface area contributed by atoms with Crippen molar-refractivity contribution < 1.29 is 4.79 Å². The highest BCUT2D eigenvalue weighted by molar-refractivity contribution is 14.0. The Kier molecular flexibility index (Phi) is 11.9. The first-order valence-corrected chi connectivity index (χ1v) is 10.3. The molecule has 1 heterocycles. The normalized spacial score (nSPS) is 15.2. The molecule has 0 bridgehead atoms. The number of halogens is 1. The molecule has 148 valence electrons. The third kappa shape index (κ3) is 9.21. The van der Waals surface area contributed by atoms with E-state index in [2.05, 4.69) is 27.1 Å². The molecule has 0 aromatic carbocycles. The maximum absolute atomic E-state index is 11.8. The van der Waals surface area contributed by atoms with Gasteiger partial charge in [-0.1, -0.05) is 38.2 Å². The van der Waals surface area contributed by atoms with Gasteiger partial charge in [0.1, 0.15) is 6.54 Å². The van der Waals surface area contributed by atoms with Crippen molar-refractivity contribution in [2.45, 2.75) is 51.5 Å². The Morgan fingerprint density at radius 1 is 1.27 bits per heavy atom. The van der Waals surface area contributed by atoms with Gasteiger partial charge in [0.15, 0.2) is 5.96 Å². The number of carbonyl (C=O) groups excluding carboxylic acids is 1. The molecule has 0 aliphatic heterocycles. The molecule has 0 saturated heterocycles. The van der Waals surface area contributed by atoms with Crippen molar-refractivity contribution in [3.63, 3.8) is 0 Å². The second-order valence-corrected chi connectivity index (χ2v) is 7.99. The zero-order valence-corrected chi connectivity index (χ0v) is 19.1. The number of carbonyl (C=O) groups is 1. The molecule has 2 rings (SSSR count). The minimum Gasteiger partial charge on any atom is -0.356 e. The fourth-order valence-electron chi connectivity index (χ4n) is 3.12. The lowest BCUT2D eigenvalue weighted by atomic mass is 9.86. The molecule has 5 nitrogen and oxygen atoms in total. The van der Waals surface area contributed by atoms with E-state index in [-0.39, 0.29) is 36.4 Å². The van der Waals surface area contributed by atoms with Crippen molar-refractivity contribution in [1.82, 2.24) is 15.5 Å². The molecule has 1 aromatic heterocycles. The van der Waals surface area contributed by atoms with Crippen LogP contribution in [-0.4, -0.2) is 44.0 Å². The summed E-state index contributed by atoms with van der Waals surface area (Å²) >= 11 is 1.72. The van der Waals surface area contributed by atoms with Crippen LogP contribution in [0.4, 0.5) is 0 Å². The molecule has 0 spiro atoms. The van der Waals surface area contributed by atoms with Gasteiger partial charge in [-0.05, 0) is 30.2 Å². The Bertz CT molecular complexity index is 528. The van der Waals surface area contributed by atoms with Gasteiger partial charge in [0, 0.05) is 25.5 Å². The summed E-state index contributed by atoms with van der Waals surface area (Å²) in [4.78, 5) is 19.1. The van der Waals surface area contributed by atoms with Crippen LogP contribution >= 0.6 is 35.3 Å². The van der Waals surface area contributed by atoms with Crippen LogP contribution in [0.3, 0.4) is 0 Å². The van der Waals surface area contributed by atoms with Gasteiger partial charge >= 0.3 is 0 Å². The van der Waals surface area contributed by atoms with E-state index < -0.39 is 0 Å². The molecule has 2 N–H and O–H groups in total. The van der Waals surface area contributed by atoms with Crippen molar-refractivity contribution in [2.75, 3.05) is 27.2 Å². The van der Waals surface area contributed by atoms with Gasteiger partial charge in [-0.2, -0.15) is 0 Å². The molecule has 1 fully saturated rings. The summed E-state index contributed by atoms with van der Waals surface area (Å²) in [7, 11) is 3.52. The Morgan fingerprint density at radius 3 is 2.69 bits per heavy atom. The van der Waals surface area contributed by atoms with Gasteiger partial charge in [-0.15, -0.1) is 35.3 Å². The largest absolute Gasteiger partial charge is 0.356 e. The molecule has 0 atom stereocenters. The molecule has 1 aromatic rings. The van der Waals surface area contributed by atoms with Gasteiger partial charge in [0.25, 0.3) is 0 Å². The number of thiophene rings is 1. The SMILES string of the molecule is CN(C)C(=O)CN=C(NCCCC1CCCCC1)NCc1cccs1.I. The van der Waals surface area contributed by atoms with Crippen LogP contribution in [-0.2, 0) is 11.3 Å². The zero-order valence-electron chi connectivity index (χ0n) is 16.0. The number of hydrogen-bond donors (Lipinski definition) is 2. The van der Waals surface area contributed by atoms with Crippen LogP contribution in [0.2, 0.25) is 0 Å². The molecule has 7 heteroatoms. The number of rotatable bonds is 8. The summed E-state index contributed by atoms with van der Waals surface area (Å²) in [6, 6.07) is 4.15. The van der Waals surface area contributed by atoms with Crippen molar-refractivity contribution in [1.29, 1.82) is 0 Å². The van der Waals surface area contributed by atoms with E-state index in [1.54, 1.807) is 30.3 Å². The highest BCUT2D eigenvalue weighted by Crippen LogP contribution is 2.26. The van der Waals surface area contributed by atoms with E-state index in [1.807, 2.05) is 6.07 Å². The van der Waals surface area contributed by atoms with Crippen LogP contribution in [0.1, 0.15) is 49.8 Å². The number of guanidine groups is 1. The van der Waals surface area contributed by atoms with Crippen molar-refractivity contribution >= 4 is 47.2 Å². The number of nitrogens with zero attached hydrogens (tertiary/aromatic N) is 2. The van der Waals surface area contributed by atoms with Crippen LogP contribution in [0.5, 0.6) is 0 Å². The number of nitrogens with one attached hydrogen (secondary N) is 2. The van der Waals surface area contributed by atoms with Crippen LogP contribution in [0.15, 0.2) is 22.5 Å². The van der Waals surface area contributed by atoms with E-state index in [0.717, 1.165) is 31.4 Å². The quantitative estimate of drug-likeness (QED) is 0.251. The Labute approximate surface area is 179 Å². The lowest BCUT2D eigenvalue weighted by Gasteiger charge is -2.21. The predicted molar refractivity (Wildman–Crippen MR) is 121 cm³/mol. The van der Waals surface area contributed by atoms with E-state index in [1.165, 1.54) is 43.4 Å². The maximum Gasteiger partial charge on any atom is 0.243 e. The maximum atomic E-state index is 11.8. The first-order chi connectivity index (χ1) is 12.1. The highest BCUT2D eigenvalue weighted by atomic mass is 127. The second-order valence-electron chi connectivity index (χ2n) is 6.96. The molecule has 1 aliphatic rings. The smallest absolute Gasteiger partial charge is 0.243 e. The summed E-state index contributed by atoms with van der Waals surface area (Å²) < 4.78 is 0. The molecule has 1 aliphatic carbocycles. The van der Waals surface area contributed by atoms with Crippen molar-refractivity contribution in [3.8, 4) is 0 Å². The molecular weight excluding hydrogens is 459 g/mol. The minimum atomic E-state index is 0. The van der Waals surface area contributed by atoms with Gasteiger partial charge in [0.2, 0.25) is 5.91 Å². The summed E-state index contributed by atoms with van der Waals surface area (Å²) in [5.74, 6) is 1.65. The third-order valence-corrected chi connectivity index (χ3v) is 5.56. The minimum absolute atomic E-state index is 0. The second kappa shape index (κ2) is 13.4. The predicted octanol–water partition coefficient (Wildman–Crippen LogP) is 3.85. The van der Waals surface area contributed by atoms with E-state index >= 15 is 0 Å². The van der Waals surface area contributed by atoms with Gasteiger partial charge < -0.3 is 15.5 Å². The topological polar surface area (TPSA) is 56.7 Å². The Balaban J connectivity index is 0.00000338. The fourth-order valence-corrected chi connectivity index (χ4v) is 3.76. The summed E-state index contributed by atoms with van der Waals surface area (Å²) in [6.45, 7) is 1.82. The van der Waals surface area contributed by atoms with Crippen molar-refractivity contribution in [2.24, 2.45) is 10.9 Å². The zero-order chi connectivity index (χ0) is 17.9. The summed E-state index contributed by atoms with van der Waals surface area (Å²) in [5, 5.41) is 8.79. The number of aliphatic imine (C=N–C) groups is 1. The van der Waals surface area contributed by atoms with Gasteiger partial charge in [-0.3, -0.25) is 4.79 Å². The lowest BCUT2D eigenvalue weighted by Crippen LogP contribution is -2.38. The summed E-state index contributed by atoms with van der Waals surface area (Å²) in [5.41, 5.74) is 0. The lowest BCUT2D eigenvalue weighted by molar-refractivity contribution is -0.127. The van der Waals surface area contributed by atoms with E-state index in [4.69, 9.17) is 0 Å². The number of amides is 1. The molecule has 26 heavy (non-hydrogen) atoms. The van der Waals surface area contributed by atoms with Crippen molar-refractivity contribution in [3.05, 3.63) is 22.4 Å². The van der Waals surface area contributed by atoms with Gasteiger partial charge in [0.05, 0.1) is 6.54 Å². The first kappa shape index (κ1) is 23.2. The molecule has 1 amide bonds. The standard InChI is InChI=1S/C19H32N4OS.HI/c1-23(2)18(24)15-22-19(21-14-17-11-7-13-25-17)20-12-6-10-16-8-4-3-5-9-16;/h7,11,13,16H,3-6,8-10,12,14-15H2,1-2H3,(H2,20,21,22);1H. The Hall–Kier alpha value is -0.830.